The molecule has 0 unspecified atom stereocenters. The van der Waals surface area contributed by atoms with E-state index < -0.39 is 5.56 Å². The van der Waals surface area contributed by atoms with Gasteiger partial charge in [-0.3, -0.25) is 9.78 Å². The second-order valence-electron chi connectivity index (χ2n) is 3.36. The van der Waals surface area contributed by atoms with Crippen LogP contribution in [-0.4, -0.2) is 15.1 Å². The molecular formula is C10H9N5O2S. The average Bonchev–Trinajstić information content (AvgIpc) is 2.30. The Hall–Kier alpha value is -2.48. The number of aromatic nitrogens is 2. The molecule has 1 heterocycles. The van der Waals surface area contributed by atoms with E-state index in [2.05, 4.69) is 20.2 Å². The molecule has 92 valence electrons. The van der Waals surface area contributed by atoms with Crippen molar-refractivity contribution in [1.82, 2.24) is 9.97 Å². The predicted octanol–water partition coefficient (Wildman–Crippen LogP) is 2.14. The molecule has 0 amide bonds. The van der Waals surface area contributed by atoms with Crippen molar-refractivity contribution in [2.24, 2.45) is 10.2 Å². The zero-order chi connectivity index (χ0) is 13.1. The quantitative estimate of drug-likeness (QED) is 0.490. The Balaban J connectivity index is 2.45. The SMILES string of the molecule is Nc1[nH]c(=S)[nH]c(=O)c1N=Nc1ccccc1O. The molecule has 0 saturated heterocycles. The molecule has 0 atom stereocenters. The number of nitrogen functional groups attached to an aromatic ring is 1. The van der Waals surface area contributed by atoms with Crippen LogP contribution in [0.4, 0.5) is 17.2 Å². The normalized spacial score (nSPS) is 10.9. The molecule has 2 rings (SSSR count). The van der Waals surface area contributed by atoms with Crippen LogP contribution in [0.3, 0.4) is 0 Å². The number of benzene rings is 1. The van der Waals surface area contributed by atoms with Gasteiger partial charge in [-0.25, -0.2) is 0 Å². The Morgan fingerprint density at radius 2 is 1.94 bits per heavy atom. The largest absolute Gasteiger partial charge is 0.506 e. The van der Waals surface area contributed by atoms with Crippen LogP contribution >= 0.6 is 12.2 Å². The molecule has 8 heteroatoms. The van der Waals surface area contributed by atoms with Crippen LogP contribution in [0.1, 0.15) is 0 Å². The van der Waals surface area contributed by atoms with Crippen LogP contribution in [0, 0.1) is 4.77 Å². The van der Waals surface area contributed by atoms with Gasteiger partial charge in [0.05, 0.1) is 0 Å². The maximum atomic E-state index is 11.5. The summed E-state index contributed by atoms with van der Waals surface area (Å²) in [5, 5.41) is 16.9. The smallest absolute Gasteiger partial charge is 0.281 e. The lowest BCUT2D eigenvalue weighted by Gasteiger charge is -1.98. The molecule has 0 aliphatic heterocycles. The van der Waals surface area contributed by atoms with Crippen molar-refractivity contribution >= 4 is 29.4 Å². The van der Waals surface area contributed by atoms with E-state index in [1.165, 1.54) is 6.07 Å². The first-order valence-corrected chi connectivity index (χ1v) is 5.30. The third kappa shape index (κ3) is 2.43. The molecule has 1 aromatic heterocycles. The summed E-state index contributed by atoms with van der Waals surface area (Å²) < 4.78 is 0.110. The number of phenolic OH excluding ortho intramolecular Hbond substituents is 1. The van der Waals surface area contributed by atoms with Gasteiger partial charge < -0.3 is 15.8 Å². The topological polar surface area (TPSA) is 120 Å². The maximum Gasteiger partial charge on any atom is 0.281 e. The number of aromatic amines is 2. The number of aromatic hydroxyl groups is 1. The standard InChI is InChI=1S/C10H9N5O2S/c11-8-7(9(17)13-10(18)12-8)15-14-5-3-1-2-4-6(5)16/h1-4,16H,(H4,11,12,13,17,18). The fraction of sp³-hybridized carbons (Fsp3) is 0. The lowest BCUT2D eigenvalue weighted by atomic mass is 10.3. The van der Waals surface area contributed by atoms with Gasteiger partial charge in [0.2, 0.25) is 0 Å². The number of nitrogens with two attached hydrogens (primary N) is 1. The Bertz CT molecular complexity index is 719. The maximum absolute atomic E-state index is 11.5. The number of nitrogens with zero attached hydrogens (tertiary/aromatic N) is 2. The van der Waals surface area contributed by atoms with Crippen molar-refractivity contribution in [2.75, 3.05) is 5.73 Å². The monoisotopic (exact) mass is 263 g/mol. The van der Waals surface area contributed by atoms with E-state index in [0.717, 1.165) is 0 Å². The molecule has 5 N–H and O–H groups in total. The first kappa shape index (κ1) is 12.0. The number of phenols is 1. The molecule has 18 heavy (non-hydrogen) atoms. The van der Waals surface area contributed by atoms with Gasteiger partial charge in [-0.05, 0) is 24.4 Å². The number of hydrogen-bond acceptors (Lipinski definition) is 6. The number of anilines is 1. The molecule has 7 nitrogen and oxygen atoms in total. The average molecular weight is 263 g/mol. The van der Waals surface area contributed by atoms with Gasteiger partial charge in [-0.2, -0.15) is 0 Å². The van der Waals surface area contributed by atoms with Crippen LogP contribution in [0.15, 0.2) is 39.3 Å². The highest BCUT2D eigenvalue weighted by Crippen LogP contribution is 2.27. The highest BCUT2D eigenvalue weighted by Gasteiger charge is 2.04. The number of nitrogens with one attached hydrogen (secondary N) is 2. The first-order valence-electron chi connectivity index (χ1n) is 4.90. The van der Waals surface area contributed by atoms with E-state index in [0.29, 0.717) is 0 Å². The molecule has 0 fully saturated rings. The summed E-state index contributed by atoms with van der Waals surface area (Å²) in [5.74, 6) is -0.0250. The third-order valence-corrected chi connectivity index (χ3v) is 2.29. The van der Waals surface area contributed by atoms with Gasteiger partial charge in [-0.1, -0.05) is 12.1 Å². The lowest BCUT2D eigenvalue weighted by Crippen LogP contribution is -2.09. The van der Waals surface area contributed by atoms with Crippen molar-refractivity contribution < 1.29 is 5.11 Å². The number of para-hydroxylation sites is 1. The fourth-order valence-corrected chi connectivity index (χ4v) is 1.45. The minimum atomic E-state index is -0.546. The van der Waals surface area contributed by atoms with Crippen molar-refractivity contribution in [3.63, 3.8) is 0 Å². The summed E-state index contributed by atoms with van der Waals surface area (Å²) in [7, 11) is 0. The van der Waals surface area contributed by atoms with Crippen LogP contribution in [0.5, 0.6) is 5.75 Å². The van der Waals surface area contributed by atoms with Gasteiger partial charge in [-0.15, -0.1) is 10.2 Å². The summed E-state index contributed by atoms with van der Waals surface area (Å²) in [5.41, 5.74) is 5.16. The fourth-order valence-electron chi connectivity index (χ4n) is 1.25. The minimum Gasteiger partial charge on any atom is -0.506 e. The van der Waals surface area contributed by atoms with Gasteiger partial charge in [0.25, 0.3) is 5.56 Å². The molecule has 0 bridgehead atoms. The molecule has 0 spiro atoms. The van der Waals surface area contributed by atoms with E-state index in [-0.39, 0.29) is 27.7 Å². The number of H-pyrrole nitrogens is 2. The summed E-state index contributed by atoms with van der Waals surface area (Å²) in [4.78, 5) is 16.4. The van der Waals surface area contributed by atoms with Crippen molar-refractivity contribution in [3.8, 4) is 5.75 Å². The highest BCUT2D eigenvalue weighted by molar-refractivity contribution is 7.71. The van der Waals surface area contributed by atoms with E-state index >= 15 is 0 Å². The molecule has 0 radical (unpaired) electrons. The van der Waals surface area contributed by atoms with Crippen molar-refractivity contribution in [1.29, 1.82) is 0 Å². The highest BCUT2D eigenvalue weighted by atomic mass is 32.1. The number of rotatable bonds is 2. The summed E-state index contributed by atoms with van der Waals surface area (Å²) >= 11 is 4.74. The molecule has 0 saturated carbocycles. The zero-order valence-corrected chi connectivity index (χ0v) is 9.86. The lowest BCUT2D eigenvalue weighted by molar-refractivity contribution is 0.476. The molecule has 0 aliphatic rings. The summed E-state index contributed by atoms with van der Waals surface area (Å²) in [6.07, 6.45) is 0. The second kappa shape index (κ2) is 4.80. The van der Waals surface area contributed by atoms with Crippen molar-refractivity contribution in [3.05, 3.63) is 39.4 Å². The second-order valence-corrected chi connectivity index (χ2v) is 3.77. The van der Waals surface area contributed by atoms with Gasteiger partial charge >= 0.3 is 0 Å². The van der Waals surface area contributed by atoms with Crippen LogP contribution in [0.25, 0.3) is 0 Å². The van der Waals surface area contributed by atoms with Crippen LogP contribution in [0.2, 0.25) is 0 Å². The first-order chi connectivity index (χ1) is 8.58. The molecule has 1 aromatic carbocycles. The van der Waals surface area contributed by atoms with E-state index in [9.17, 15) is 9.90 Å². The molecular weight excluding hydrogens is 254 g/mol. The van der Waals surface area contributed by atoms with E-state index in [1.807, 2.05) is 0 Å². The number of azo groups is 1. The van der Waals surface area contributed by atoms with Gasteiger partial charge in [0, 0.05) is 0 Å². The number of hydrogen-bond donors (Lipinski definition) is 4. The zero-order valence-electron chi connectivity index (χ0n) is 9.04. The Morgan fingerprint density at radius 1 is 1.22 bits per heavy atom. The van der Waals surface area contributed by atoms with E-state index in [1.54, 1.807) is 18.2 Å². The molecule has 0 aliphatic carbocycles. The van der Waals surface area contributed by atoms with Crippen LogP contribution in [-0.2, 0) is 0 Å². The Kier molecular flexibility index (Phi) is 3.20. The van der Waals surface area contributed by atoms with Gasteiger partial charge in [0.15, 0.2) is 10.5 Å². The summed E-state index contributed by atoms with van der Waals surface area (Å²) in [6.45, 7) is 0. The van der Waals surface area contributed by atoms with Crippen molar-refractivity contribution in [2.45, 2.75) is 0 Å². The molecule has 2 aromatic rings. The summed E-state index contributed by atoms with van der Waals surface area (Å²) in [6, 6.07) is 6.34. The Labute approximate surface area is 106 Å². The third-order valence-electron chi connectivity index (χ3n) is 2.08. The van der Waals surface area contributed by atoms with E-state index in [4.69, 9.17) is 18.0 Å². The van der Waals surface area contributed by atoms with Crippen LogP contribution < -0.4 is 11.3 Å². The van der Waals surface area contributed by atoms with Gasteiger partial charge in [0.1, 0.15) is 17.3 Å². The predicted molar refractivity (Wildman–Crippen MR) is 68.9 cm³/mol. The Morgan fingerprint density at radius 3 is 2.61 bits per heavy atom. The minimum absolute atomic E-state index is 0.0166.